The summed E-state index contributed by atoms with van der Waals surface area (Å²) in [5, 5.41) is 7.20. The maximum absolute atomic E-state index is 12.0. The molecule has 1 fully saturated rings. The van der Waals surface area contributed by atoms with Crippen molar-refractivity contribution >= 4 is 11.9 Å². The van der Waals surface area contributed by atoms with Gasteiger partial charge in [0, 0.05) is 6.04 Å². The quantitative estimate of drug-likeness (QED) is 0.727. The van der Waals surface area contributed by atoms with Gasteiger partial charge in [0.1, 0.15) is 0 Å². The number of amides is 3. The minimum atomic E-state index is -0.400. The second kappa shape index (κ2) is 8.95. The lowest BCUT2D eigenvalue weighted by Gasteiger charge is -2.21. The largest absolute Gasteiger partial charge is 0.336 e. The molecule has 20 heavy (non-hydrogen) atoms. The van der Waals surface area contributed by atoms with Gasteiger partial charge in [-0.15, -0.1) is 0 Å². The summed E-state index contributed by atoms with van der Waals surface area (Å²) in [6, 6.07) is -0.0582. The highest BCUT2D eigenvalue weighted by atomic mass is 16.2. The van der Waals surface area contributed by atoms with E-state index in [1.54, 1.807) is 0 Å². The summed E-state index contributed by atoms with van der Waals surface area (Å²) in [6.07, 6.45) is 8.82. The smallest absolute Gasteiger partial charge is 0.321 e. The number of nitrogens with one attached hydrogen (secondary N) is 2. The lowest BCUT2D eigenvalue weighted by molar-refractivity contribution is -0.708. The molecule has 4 N–H and O–H groups in total. The minimum Gasteiger partial charge on any atom is -0.336 e. The highest BCUT2D eigenvalue weighted by molar-refractivity contribution is 5.96. The van der Waals surface area contributed by atoms with E-state index >= 15 is 0 Å². The summed E-state index contributed by atoms with van der Waals surface area (Å²) in [5.74, 6) is -0.204. The van der Waals surface area contributed by atoms with E-state index in [9.17, 15) is 9.59 Å². The summed E-state index contributed by atoms with van der Waals surface area (Å²) in [5.41, 5.74) is 0. The SMILES string of the molecule is CC(C)NC(=O)NC(=O)[C@@H](C)[NH2+]C1CCCCCCC1. The van der Waals surface area contributed by atoms with Crippen LogP contribution < -0.4 is 16.0 Å². The summed E-state index contributed by atoms with van der Waals surface area (Å²) in [4.78, 5) is 23.5. The van der Waals surface area contributed by atoms with Crippen molar-refractivity contribution in [2.45, 2.75) is 83.8 Å². The molecule has 0 aromatic carbocycles. The van der Waals surface area contributed by atoms with Gasteiger partial charge in [0.2, 0.25) is 0 Å². The van der Waals surface area contributed by atoms with Crippen molar-refractivity contribution in [1.82, 2.24) is 10.6 Å². The average Bonchev–Trinajstić information content (AvgIpc) is 2.30. The van der Waals surface area contributed by atoms with E-state index in [2.05, 4.69) is 16.0 Å². The molecule has 0 heterocycles. The molecule has 0 aliphatic heterocycles. The van der Waals surface area contributed by atoms with Gasteiger partial charge in [-0.2, -0.15) is 0 Å². The number of nitrogens with two attached hydrogens (primary N) is 1. The van der Waals surface area contributed by atoms with Crippen LogP contribution in [0.2, 0.25) is 0 Å². The van der Waals surface area contributed by atoms with Crippen LogP contribution in [0.5, 0.6) is 0 Å². The molecule has 5 nitrogen and oxygen atoms in total. The number of rotatable bonds is 4. The van der Waals surface area contributed by atoms with E-state index in [0.29, 0.717) is 6.04 Å². The molecule has 1 rings (SSSR count). The predicted molar refractivity (Wildman–Crippen MR) is 79.3 cm³/mol. The van der Waals surface area contributed by atoms with Crippen molar-refractivity contribution in [3.05, 3.63) is 0 Å². The predicted octanol–water partition coefficient (Wildman–Crippen LogP) is 1.29. The van der Waals surface area contributed by atoms with E-state index in [1.165, 1.54) is 44.9 Å². The zero-order valence-corrected chi connectivity index (χ0v) is 13.1. The van der Waals surface area contributed by atoms with Crippen LogP contribution in [-0.2, 0) is 4.79 Å². The molecule has 0 unspecified atom stereocenters. The molecule has 0 spiro atoms. The fourth-order valence-electron chi connectivity index (χ4n) is 2.70. The van der Waals surface area contributed by atoms with Crippen LogP contribution in [0, 0.1) is 0 Å². The summed E-state index contributed by atoms with van der Waals surface area (Å²) < 4.78 is 0. The number of hydrogen-bond acceptors (Lipinski definition) is 2. The van der Waals surface area contributed by atoms with E-state index in [1.807, 2.05) is 20.8 Å². The van der Waals surface area contributed by atoms with Crippen LogP contribution in [-0.4, -0.2) is 30.1 Å². The molecular formula is C15H30N3O2+. The van der Waals surface area contributed by atoms with E-state index < -0.39 is 6.03 Å². The first-order valence-electron chi connectivity index (χ1n) is 7.95. The molecule has 116 valence electrons. The van der Waals surface area contributed by atoms with Crippen molar-refractivity contribution in [1.29, 1.82) is 0 Å². The third-order valence-electron chi connectivity index (χ3n) is 3.78. The molecule has 0 saturated heterocycles. The van der Waals surface area contributed by atoms with Crippen molar-refractivity contribution in [3.8, 4) is 0 Å². The van der Waals surface area contributed by atoms with Crippen molar-refractivity contribution in [3.63, 3.8) is 0 Å². The molecule has 0 aromatic heterocycles. The Morgan fingerprint density at radius 1 is 1.00 bits per heavy atom. The molecule has 1 aliphatic carbocycles. The first-order chi connectivity index (χ1) is 9.49. The third kappa shape index (κ3) is 6.89. The van der Waals surface area contributed by atoms with E-state index in [-0.39, 0.29) is 18.0 Å². The molecule has 5 heteroatoms. The number of quaternary nitrogens is 1. The summed E-state index contributed by atoms with van der Waals surface area (Å²) in [6.45, 7) is 5.61. The minimum absolute atomic E-state index is 0.0349. The van der Waals surface area contributed by atoms with Gasteiger partial charge in [0.25, 0.3) is 5.91 Å². The Bertz CT molecular complexity index is 310. The van der Waals surface area contributed by atoms with Crippen molar-refractivity contribution in [2.75, 3.05) is 0 Å². The van der Waals surface area contributed by atoms with Crippen LogP contribution in [0.4, 0.5) is 4.79 Å². The fourth-order valence-corrected chi connectivity index (χ4v) is 2.70. The Labute approximate surface area is 122 Å². The first-order valence-corrected chi connectivity index (χ1v) is 7.95. The normalized spacial score (nSPS) is 19.0. The second-order valence-electron chi connectivity index (χ2n) is 6.20. The van der Waals surface area contributed by atoms with Gasteiger partial charge in [-0.25, -0.2) is 4.79 Å². The number of hydrogen-bond donors (Lipinski definition) is 3. The van der Waals surface area contributed by atoms with Crippen LogP contribution in [0.1, 0.15) is 65.7 Å². The van der Waals surface area contributed by atoms with E-state index in [4.69, 9.17) is 0 Å². The van der Waals surface area contributed by atoms with Crippen molar-refractivity contribution in [2.24, 2.45) is 0 Å². The molecule has 1 aliphatic rings. The Hall–Kier alpha value is -1.10. The second-order valence-corrected chi connectivity index (χ2v) is 6.20. The number of imide groups is 1. The van der Waals surface area contributed by atoms with Gasteiger partial charge in [0.05, 0.1) is 6.04 Å². The number of carbonyl (C=O) groups excluding carboxylic acids is 2. The Balaban J connectivity index is 2.34. The number of carbonyl (C=O) groups is 2. The zero-order valence-electron chi connectivity index (χ0n) is 13.1. The highest BCUT2D eigenvalue weighted by Crippen LogP contribution is 2.15. The van der Waals surface area contributed by atoms with Crippen LogP contribution >= 0.6 is 0 Å². The molecule has 3 amide bonds. The van der Waals surface area contributed by atoms with Crippen molar-refractivity contribution < 1.29 is 14.9 Å². The Morgan fingerprint density at radius 2 is 1.55 bits per heavy atom. The Morgan fingerprint density at radius 3 is 2.10 bits per heavy atom. The zero-order chi connectivity index (χ0) is 15.0. The first kappa shape index (κ1) is 17.0. The maximum Gasteiger partial charge on any atom is 0.321 e. The maximum atomic E-state index is 12.0. The molecule has 0 radical (unpaired) electrons. The van der Waals surface area contributed by atoms with Crippen LogP contribution in [0.25, 0.3) is 0 Å². The molecule has 0 bridgehead atoms. The van der Waals surface area contributed by atoms with Crippen LogP contribution in [0.3, 0.4) is 0 Å². The molecule has 1 saturated carbocycles. The fraction of sp³-hybridized carbons (Fsp3) is 0.867. The highest BCUT2D eigenvalue weighted by Gasteiger charge is 2.23. The summed E-state index contributed by atoms with van der Waals surface area (Å²) >= 11 is 0. The third-order valence-corrected chi connectivity index (χ3v) is 3.78. The van der Waals surface area contributed by atoms with Gasteiger partial charge in [-0.05, 0) is 46.5 Å². The van der Waals surface area contributed by atoms with E-state index in [0.717, 1.165) is 0 Å². The molecule has 0 aromatic rings. The van der Waals surface area contributed by atoms with Gasteiger partial charge < -0.3 is 10.6 Å². The standard InChI is InChI=1S/C15H29N3O2/c1-11(2)16-15(20)18-14(19)12(3)17-13-9-7-5-4-6-8-10-13/h11-13,17H,4-10H2,1-3H3,(H2,16,18,19,20)/p+1/t12-/m1/s1. The summed E-state index contributed by atoms with van der Waals surface area (Å²) in [7, 11) is 0. The monoisotopic (exact) mass is 284 g/mol. The van der Waals surface area contributed by atoms with Gasteiger partial charge >= 0.3 is 6.03 Å². The Kier molecular flexibility index (Phi) is 7.59. The molecular weight excluding hydrogens is 254 g/mol. The van der Waals surface area contributed by atoms with Gasteiger partial charge in [0.15, 0.2) is 6.04 Å². The molecule has 1 atom stereocenters. The number of urea groups is 1. The average molecular weight is 284 g/mol. The van der Waals surface area contributed by atoms with Gasteiger partial charge in [-0.1, -0.05) is 19.3 Å². The van der Waals surface area contributed by atoms with Gasteiger partial charge in [-0.3, -0.25) is 10.1 Å². The van der Waals surface area contributed by atoms with Crippen LogP contribution in [0.15, 0.2) is 0 Å². The lowest BCUT2D eigenvalue weighted by atomic mass is 9.96. The lowest BCUT2D eigenvalue weighted by Crippen LogP contribution is -2.96. The topological polar surface area (TPSA) is 74.8 Å².